The summed E-state index contributed by atoms with van der Waals surface area (Å²) in [6, 6.07) is 2.49. The summed E-state index contributed by atoms with van der Waals surface area (Å²) < 4.78 is 53.1. The van der Waals surface area contributed by atoms with E-state index in [9.17, 15) is 22.4 Å². The highest BCUT2D eigenvalue weighted by Crippen LogP contribution is 2.44. The molecule has 1 spiro atoms. The van der Waals surface area contributed by atoms with E-state index in [-0.39, 0.29) is 22.1 Å². The maximum Gasteiger partial charge on any atom is 0.407 e. The first-order valence-electron chi connectivity index (χ1n) is 8.89. The fraction of sp³-hybridized carbons (Fsp3) is 0.500. The molecule has 0 unspecified atom stereocenters. The van der Waals surface area contributed by atoms with Crippen molar-refractivity contribution in [2.45, 2.75) is 25.4 Å². The maximum atomic E-state index is 14.9. The Balaban J connectivity index is 1.59. The number of anilines is 1. The second kappa shape index (κ2) is 6.46. The summed E-state index contributed by atoms with van der Waals surface area (Å²) in [5.74, 6) is -0.648. The largest absolute Gasteiger partial charge is 0.465 e. The fourth-order valence-electron chi connectivity index (χ4n) is 4.13. The van der Waals surface area contributed by atoms with Gasteiger partial charge in [-0.1, -0.05) is 6.07 Å². The molecular formula is C18H18F4N4O2. The Morgan fingerprint density at radius 3 is 2.46 bits per heavy atom. The van der Waals surface area contributed by atoms with Crippen LogP contribution in [-0.2, 0) is 6.42 Å². The molecule has 2 aliphatic rings. The van der Waals surface area contributed by atoms with Gasteiger partial charge < -0.3 is 14.9 Å². The zero-order valence-corrected chi connectivity index (χ0v) is 14.8. The van der Waals surface area contributed by atoms with Gasteiger partial charge in [-0.15, -0.1) is 0 Å². The van der Waals surface area contributed by atoms with Crippen molar-refractivity contribution in [3.8, 4) is 0 Å². The topological polar surface area (TPSA) is 69.6 Å². The number of hydrogen-bond acceptors (Lipinski definition) is 4. The number of piperidine rings is 1. The van der Waals surface area contributed by atoms with Crippen molar-refractivity contribution in [1.82, 2.24) is 14.9 Å². The highest BCUT2D eigenvalue weighted by atomic mass is 19.4. The molecule has 2 aliphatic heterocycles. The van der Waals surface area contributed by atoms with Crippen LogP contribution >= 0.6 is 0 Å². The van der Waals surface area contributed by atoms with Crippen LogP contribution in [0.15, 0.2) is 18.5 Å². The number of alkyl halides is 3. The van der Waals surface area contributed by atoms with E-state index in [0.717, 1.165) is 6.07 Å². The van der Waals surface area contributed by atoms with Crippen molar-refractivity contribution in [3.05, 3.63) is 29.8 Å². The third kappa shape index (κ3) is 3.31. The molecule has 3 heterocycles. The predicted octanol–water partition coefficient (Wildman–Crippen LogP) is 3.45. The van der Waals surface area contributed by atoms with Crippen molar-refractivity contribution in [1.29, 1.82) is 0 Å². The number of nitrogens with zero attached hydrogens (tertiary/aromatic N) is 4. The van der Waals surface area contributed by atoms with Gasteiger partial charge >= 0.3 is 12.3 Å². The predicted molar refractivity (Wildman–Crippen MR) is 92.7 cm³/mol. The molecule has 1 aromatic heterocycles. The number of hydrogen-bond donors (Lipinski definition) is 1. The summed E-state index contributed by atoms with van der Waals surface area (Å²) in [5.41, 5.74) is -0.236. The number of carbonyl (C=O) groups is 1. The lowest BCUT2D eigenvalue weighted by molar-refractivity contribution is -0.127. The highest BCUT2D eigenvalue weighted by molar-refractivity contribution is 5.91. The average Bonchev–Trinajstić information content (AvgIpc) is 2.60. The molecule has 150 valence electrons. The normalized spacial score (nSPS) is 19.1. The van der Waals surface area contributed by atoms with E-state index in [1.54, 1.807) is 0 Å². The Hall–Kier alpha value is -2.65. The van der Waals surface area contributed by atoms with E-state index in [1.807, 2.05) is 4.90 Å². The second-order valence-electron chi connectivity index (χ2n) is 7.55. The van der Waals surface area contributed by atoms with E-state index >= 15 is 0 Å². The number of aromatic nitrogens is 2. The van der Waals surface area contributed by atoms with Gasteiger partial charge in [-0.2, -0.15) is 13.2 Å². The van der Waals surface area contributed by atoms with Gasteiger partial charge in [-0.05, 0) is 24.5 Å². The minimum Gasteiger partial charge on any atom is -0.465 e. The van der Waals surface area contributed by atoms with Gasteiger partial charge in [0.15, 0.2) is 0 Å². The Morgan fingerprint density at radius 2 is 1.86 bits per heavy atom. The molecule has 1 N–H and O–H groups in total. The molecule has 0 bridgehead atoms. The Bertz CT molecular complexity index is 918. The monoisotopic (exact) mass is 398 g/mol. The van der Waals surface area contributed by atoms with Crippen molar-refractivity contribution in [2.24, 2.45) is 5.41 Å². The van der Waals surface area contributed by atoms with Gasteiger partial charge in [0.2, 0.25) is 0 Å². The van der Waals surface area contributed by atoms with Crippen LogP contribution in [-0.4, -0.2) is 58.4 Å². The number of rotatable bonds is 2. The van der Waals surface area contributed by atoms with Crippen LogP contribution in [0.1, 0.15) is 18.4 Å². The SMILES string of the molecule is O=C(O)N1CCC2(CC1)CN(c1ncnc3ccc(CC(F)(F)F)c(F)c13)C2. The lowest BCUT2D eigenvalue weighted by atomic mass is 9.72. The van der Waals surface area contributed by atoms with Crippen LogP contribution in [0.4, 0.5) is 28.2 Å². The number of fused-ring (bicyclic) bond motifs is 1. The first-order valence-corrected chi connectivity index (χ1v) is 8.89. The quantitative estimate of drug-likeness (QED) is 0.785. The zero-order valence-electron chi connectivity index (χ0n) is 14.8. The van der Waals surface area contributed by atoms with E-state index in [1.165, 1.54) is 17.3 Å². The van der Waals surface area contributed by atoms with Crippen molar-refractivity contribution < 1.29 is 27.5 Å². The van der Waals surface area contributed by atoms with Gasteiger partial charge in [0, 0.05) is 31.6 Å². The van der Waals surface area contributed by atoms with Crippen molar-refractivity contribution in [2.75, 3.05) is 31.1 Å². The van der Waals surface area contributed by atoms with Crippen LogP contribution in [0, 0.1) is 11.2 Å². The third-order valence-corrected chi connectivity index (χ3v) is 5.64. The molecule has 2 aromatic rings. The molecule has 1 aromatic carbocycles. The average molecular weight is 398 g/mol. The molecule has 0 aliphatic carbocycles. The number of amides is 1. The summed E-state index contributed by atoms with van der Waals surface area (Å²) in [4.78, 5) is 22.4. The number of halogens is 4. The standard InChI is InChI=1S/C18H18F4N4O2/c19-14-11(7-18(20,21)22)1-2-12-13(14)15(24-10-23-12)26-8-17(9-26)3-5-25(6-4-17)16(27)28/h1-2,10H,3-9H2,(H,27,28). The summed E-state index contributed by atoms with van der Waals surface area (Å²) in [5, 5.41) is 9.06. The molecule has 2 fully saturated rings. The van der Waals surface area contributed by atoms with E-state index in [2.05, 4.69) is 9.97 Å². The minimum atomic E-state index is -4.51. The first kappa shape index (κ1) is 18.7. The Morgan fingerprint density at radius 1 is 1.18 bits per heavy atom. The lowest BCUT2D eigenvalue weighted by Gasteiger charge is -2.54. The molecule has 0 atom stereocenters. The van der Waals surface area contributed by atoms with Crippen LogP contribution in [0.5, 0.6) is 0 Å². The minimum absolute atomic E-state index is 0.00192. The Kier molecular flexibility index (Phi) is 4.31. The third-order valence-electron chi connectivity index (χ3n) is 5.64. The van der Waals surface area contributed by atoms with Crippen LogP contribution < -0.4 is 4.90 Å². The molecule has 10 heteroatoms. The molecule has 0 radical (unpaired) electrons. The van der Waals surface area contributed by atoms with E-state index in [4.69, 9.17) is 5.11 Å². The molecule has 4 rings (SSSR count). The van der Waals surface area contributed by atoms with Gasteiger partial charge in [0.05, 0.1) is 17.3 Å². The van der Waals surface area contributed by atoms with Crippen LogP contribution in [0.3, 0.4) is 0 Å². The van der Waals surface area contributed by atoms with Gasteiger partial charge in [0.1, 0.15) is 18.0 Å². The van der Waals surface area contributed by atoms with Gasteiger partial charge in [-0.25, -0.2) is 19.2 Å². The van der Waals surface area contributed by atoms with Crippen LogP contribution in [0.2, 0.25) is 0 Å². The molecule has 2 saturated heterocycles. The number of likely N-dealkylation sites (tertiary alicyclic amines) is 1. The van der Waals surface area contributed by atoms with Crippen molar-refractivity contribution >= 4 is 22.8 Å². The van der Waals surface area contributed by atoms with E-state index in [0.29, 0.717) is 39.0 Å². The molecule has 1 amide bonds. The molecular weight excluding hydrogens is 380 g/mol. The molecule has 6 nitrogen and oxygen atoms in total. The summed E-state index contributed by atoms with van der Waals surface area (Å²) in [6.45, 7) is 2.01. The Labute approximate surface area is 157 Å². The highest BCUT2D eigenvalue weighted by Gasteiger charge is 2.46. The summed E-state index contributed by atoms with van der Waals surface area (Å²) in [7, 11) is 0. The number of benzene rings is 1. The second-order valence-corrected chi connectivity index (χ2v) is 7.55. The smallest absolute Gasteiger partial charge is 0.407 e. The first-order chi connectivity index (χ1) is 13.2. The summed E-state index contributed by atoms with van der Waals surface area (Å²) >= 11 is 0. The molecule has 28 heavy (non-hydrogen) atoms. The summed E-state index contributed by atoms with van der Waals surface area (Å²) in [6.07, 6.45) is -4.13. The van der Waals surface area contributed by atoms with Crippen LogP contribution in [0.25, 0.3) is 10.9 Å². The zero-order chi connectivity index (χ0) is 20.1. The number of carboxylic acid groups (broad SMARTS) is 1. The maximum absolute atomic E-state index is 14.9. The fourth-order valence-corrected chi connectivity index (χ4v) is 4.13. The van der Waals surface area contributed by atoms with Gasteiger partial charge in [-0.3, -0.25) is 0 Å². The van der Waals surface area contributed by atoms with Crippen molar-refractivity contribution in [3.63, 3.8) is 0 Å². The van der Waals surface area contributed by atoms with E-state index < -0.39 is 30.1 Å². The molecule has 0 saturated carbocycles. The lowest BCUT2D eigenvalue weighted by Crippen LogP contribution is -2.61. The van der Waals surface area contributed by atoms with Gasteiger partial charge in [0.25, 0.3) is 0 Å².